The lowest BCUT2D eigenvalue weighted by molar-refractivity contribution is 0.0929. The van der Waals surface area contributed by atoms with Crippen LogP contribution in [-0.4, -0.2) is 22.5 Å². The Morgan fingerprint density at radius 2 is 2.25 bits per heavy atom. The lowest BCUT2D eigenvalue weighted by atomic mass is 10.0. The third kappa shape index (κ3) is 2.33. The largest absolute Gasteiger partial charge is 0.469 e. The molecule has 1 amide bonds. The van der Waals surface area contributed by atoms with Crippen LogP contribution in [0.1, 0.15) is 30.0 Å². The van der Waals surface area contributed by atoms with Gasteiger partial charge in [0.1, 0.15) is 5.76 Å². The average molecular weight is 225 g/mol. The Balaban J connectivity index is 2.84. The van der Waals surface area contributed by atoms with Gasteiger partial charge in [0.2, 0.25) is 0 Å². The molecule has 1 rings (SSSR count). The Hall–Kier alpha value is -1.98. The zero-order chi connectivity index (χ0) is 12.3. The molecule has 16 heavy (non-hydrogen) atoms. The van der Waals surface area contributed by atoms with Gasteiger partial charge in [-0.25, -0.2) is 0 Å². The Bertz CT molecular complexity index is 421. The van der Waals surface area contributed by atoms with Crippen LogP contribution < -0.4 is 11.1 Å². The van der Waals surface area contributed by atoms with Crippen molar-refractivity contribution in [1.29, 1.82) is 0 Å². The number of nitrogens with zero attached hydrogens (tertiary/aromatic N) is 1. The van der Waals surface area contributed by atoms with Gasteiger partial charge in [-0.1, -0.05) is 5.16 Å². The summed E-state index contributed by atoms with van der Waals surface area (Å²) < 4.78 is 5.02. The first-order chi connectivity index (χ1) is 7.38. The highest BCUT2D eigenvalue weighted by atomic mass is 16.4. The number of carbonyl (C=O) groups excluding carboxylic acids is 1. The van der Waals surface area contributed by atoms with Gasteiger partial charge in [0, 0.05) is 0 Å². The summed E-state index contributed by atoms with van der Waals surface area (Å²) in [5.41, 5.74) is 4.96. The van der Waals surface area contributed by atoms with E-state index in [0.717, 1.165) is 0 Å². The van der Waals surface area contributed by atoms with Crippen LogP contribution >= 0.6 is 0 Å². The van der Waals surface area contributed by atoms with Crippen molar-refractivity contribution in [2.24, 2.45) is 10.9 Å². The monoisotopic (exact) mass is 225 g/mol. The van der Waals surface area contributed by atoms with Crippen LogP contribution in [-0.2, 0) is 0 Å². The standard InChI is InChI=1S/C10H15N3O3/c1-6-7(4-5-16-6)8(14)12-10(2,3)9(11)13-15/h4-5,15H,1-3H3,(H2,11,13)(H,12,14). The van der Waals surface area contributed by atoms with Gasteiger partial charge in [0.25, 0.3) is 5.91 Å². The van der Waals surface area contributed by atoms with Crippen LogP contribution in [0.5, 0.6) is 0 Å². The van der Waals surface area contributed by atoms with E-state index in [4.69, 9.17) is 15.4 Å². The van der Waals surface area contributed by atoms with Crippen molar-refractivity contribution < 1.29 is 14.4 Å². The van der Waals surface area contributed by atoms with Gasteiger partial charge in [-0.15, -0.1) is 0 Å². The molecule has 0 aromatic carbocycles. The molecule has 0 aliphatic rings. The Morgan fingerprint density at radius 3 is 2.69 bits per heavy atom. The van der Waals surface area contributed by atoms with Crippen LogP contribution in [0.2, 0.25) is 0 Å². The van der Waals surface area contributed by atoms with E-state index in [0.29, 0.717) is 11.3 Å². The molecule has 0 spiro atoms. The van der Waals surface area contributed by atoms with Crippen LogP contribution in [0.4, 0.5) is 0 Å². The molecular formula is C10H15N3O3. The number of hydrogen-bond acceptors (Lipinski definition) is 4. The number of amides is 1. The van der Waals surface area contributed by atoms with Gasteiger partial charge in [-0.2, -0.15) is 0 Å². The van der Waals surface area contributed by atoms with E-state index in [1.165, 1.54) is 6.26 Å². The maximum Gasteiger partial charge on any atom is 0.255 e. The summed E-state index contributed by atoms with van der Waals surface area (Å²) in [5, 5.41) is 14.1. The number of carbonyl (C=O) groups is 1. The van der Waals surface area contributed by atoms with E-state index in [2.05, 4.69) is 10.5 Å². The molecule has 0 aliphatic heterocycles. The first-order valence-corrected chi connectivity index (χ1v) is 4.73. The molecule has 0 unspecified atom stereocenters. The van der Waals surface area contributed by atoms with Gasteiger partial charge < -0.3 is 20.7 Å². The number of rotatable bonds is 3. The zero-order valence-corrected chi connectivity index (χ0v) is 9.44. The summed E-state index contributed by atoms with van der Waals surface area (Å²) >= 11 is 0. The quantitative estimate of drug-likeness (QED) is 0.307. The fraction of sp³-hybridized carbons (Fsp3) is 0.400. The molecule has 1 aromatic rings. The molecule has 0 aliphatic carbocycles. The second-order valence-corrected chi connectivity index (χ2v) is 3.95. The van der Waals surface area contributed by atoms with Crippen molar-refractivity contribution in [3.63, 3.8) is 0 Å². The first kappa shape index (κ1) is 12.1. The van der Waals surface area contributed by atoms with Gasteiger partial charge >= 0.3 is 0 Å². The summed E-state index contributed by atoms with van der Waals surface area (Å²) in [6.07, 6.45) is 1.43. The molecule has 88 valence electrons. The van der Waals surface area contributed by atoms with Crippen LogP contribution in [0.15, 0.2) is 21.9 Å². The lowest BCUT2D eigenvalue weighted by Crippen LogP contribution is -2.53. The highest BCUT2D eigenvalue weighted by Crippen LogP contribution is 2.11. The zero-order valence-electron chi connectivity index (χ0n) is 9.44. The minimum Gasteiger partial charge on any atom is -0.469 e. The molecule has 1 aromatic heterocycles. The van der Waals surface area contributed by atoms with Crippen molar-refractivity contribution in [2.75, 3.05) is 0 Å². The van der Waals surface area contributed by atoms with Crippen molar-refractivity contribution >= 4 is 11.7 Å². The Labute approximate surface area is 93.1 Å². The van der Waals surface area contributed by atoms with Gasteiger partial charge in [0.05, 0.1) is 17.4 Å². The van der Waals surface area contributed by atoms with Crippen molar-refractivity contribution in [3.05, 3.63) is 23.7 Å². The molecule has 0 saturated heterocycles. The van der Waals surface area contributed by atoms with Gasteiger partial charge in [0.15, 0.2) is 5.84 Å². The molecule has 0 saturated carbocycles. The van der Waals surface area contributed by atoms with Crippen molar-refractivity contribution in [1.82, 2.24) is 5.32 Å². The molecule has 6 heteroatoms. The second kappa shape index (κ2) is 4.26. The predicted molar refractivity (Wildman–Crippen MR) is 58.4 cm³/mol. The highest BCUT2D eigenvalue weighted by molar-refractivity contribution is 6.00. The van der Waals surface area contributed by atoms with E-state index in [-0.39, 0.29) is 11.7 Å². The lowest BCUT2D eigenvalue weighted by Gasteiger charge is -2.24. The number of furan rings is 1. The minimum atomic E-state index is -0.921. The Kier molecular flexibility index (Phi) is 3.22. The van der Waals surface area contributed by atoms with Crippen molar-refractivity contribution in [3.8, 4) is 0 Å². The number of aryl methyl sites for hydroxylation is 1. The molecule has 6 nitrogen and oxygen atoms in total. The molecule has 0 radical (unpaired) electrons. The first-order valence-electron chi connectivity index (χ1n) is 4.73. The SMILES string of the molecule is Cc1occc1C(=O)NC(C)(C)/C(N)=N/O. The second-order valence-electron chi connectivity index (χ2n) is 3.95. The number of nitrogens with one attached hydrogen (secondary N) is 1. The maximum absolute atomic E-state index is 11.8. The van der Waals surface area contributed by atoms with Crippen molar-refractivity contribution in [2.45, 2.75) is 26.3 Å². The van der Waals surface area contributed by atoms with E-state index >= 15 is 0 Å². The van der Waals surface area contributed by atoms with E-state index < -0.39 is 5.54 Å². The molecule has 1 heterocycles. The average Bonchev–Trinajstić information content (AvgIpc) is 2.62. The summed E-state index contributed by atoms with van der Waals surface area (Å²) in [4.78, 5) is 11.8. The van der Waals surface area contributed by atoms with Crippen LogP contribution in [0.25, 0.3) is 0 Å². The summed E-state index contributed by atoms with van der Waals surface area (Å²) in [6, 6.07) is 1.56. The molecular weight excluding hydrogens is 210 g/mol. The molecule has 0 fully saturated rings. The predicted octanol–water partition coefficient (Wildman–Crippen LogP) is 0.843. The molecule has 0 atom stereocenters. The highest BCUT2D eigenvalue weighted by Gasteiger charge is 2.27. The topological polar surface area (TPSA) is 101 Å². The third-order valence-electron chi connectivity index (χ3n) is 2.28. The van der Waals surface area contributed by atoms with Crippen LogP contribution in [0.3, 0.4) is 0 Å². The minimum absolute atomic E-state index is 0.0676. The fourth-order valence-electron chi connectivity index (χ4n) is 1.16. The number of hydrogen-bond donors (Lipinski definition) is 3. The third-order valence-corrected chi connectivity index (χ3v) is 2.28. The Morgan fingerprint density at radius 1 is 1.62 bits per heavy atom. The number of amidine groups is 1. The summed E-state index contributed by atoms with van der Waals surface area (Å²) in [6.45, 7) is 4.95. The summed E-state index contributed by atoms with van der Waals surface area (Å²) in [7, 11) is 0. The number of nitrogens with two attached hydrogens (primary N) is 1. The van der Waals surface area contributed by atoms with E-state index in [1.807, 2.05) is 0 Å². The summed E-state index contributed by atoms with van der Waals surface area (Å²) in [5.74, 6) is 0.123. The molecule has 0 bridgehead atoms. The van der Waals surface area contributed by atoms with Gasteiger partial charge in [-0.05, 0) is 26.8 Å². The van der Waals surface area contributed by atoms with E-state index in [1.54, 1.807) is 26.8 Å². The maximum atomic E-state index is 11.8. The van der Waals surface area contributed by atoms with E-state index in [9.17, 15) is 4.79 Å². The smallest absolute Gasteiger partial charge is 0.255 e. The van der Waals surface area contributed by atoms with Gasteiger partial charge in [-0.3, -0.25) is 4.79 Å². The number of oxime groups is 1. The molecule has 4 N–H and O–H groups in total. The normalized spacial score (nSPS) is 12.6. The fourth-order valence-corrected chi connectivity index (χ4v) is 1.16. The van der Waals surface area contributed by atoms with Crippen LogP contribution in [0, 0.1) is 6.92 Å².